The Kier molecular flexibility index (Phi) is 7.93. The fourth-order valence-corrected chi connectivity index (χ4v) is 6.54. The monoisotopic (exact) mass is 496 g/mol. The van der Waals surface area contributed by atoms with Crippen LogP contribution in [0.1, 0.15) is 53.9 Å². The Morgan fingerprint density at radius 2 is 1.80 bits per heavy atom. The minimum atomic E-state index is -3.84. The lowest BCUT2D eigenvalue weighted by molar-refractivity contribution is -0.936. The number of hydrogen-bond acceptors (Lipinski definition) is 4. The number of aryl methyl sites for hydroxylation is 1. The first-order valence-electron chi connectivity index (χ1n) is 12.3. The number of quaternary nitrogens is 1. The second kappa shape index (κ2) is 11.1. The fraction of sp³-hybridized carbons (Fsp3) is 0.370. The number of rotatable bonds is 9. The van der Waals surface area contributed by atoms with E-state index in [0.29, 0.717) is 23.4 Å². The van der Waals surface area contributed by atoms with Gasteiger partial charge in [0.2, 0.25) is 0 Å². The highest BCUT2D eigenvalue weighted by Crippen LogP contribution is 2.26. The molecule has 2 heterocycles. The molecule has 3 aromatic rings. The maximum absolute atomic E-state index is 13.6. The average Bonchev–Trinajstić information content (AvgIpc) is 3.40. The van der Waals surface area contributed by atoms with Crippen LogP contribution < -0.4 is 14.5 Å². The molecule has 0 aliphatic carbocycles. The number of furan rings is 1. The molecule has 8 heteroatoms. The number of nitrogens with zero attached hydrogens (tertiary/aromatic N) is 1. The lowest BCUT2D eigenvalue weighted by Gasteiger charge is -2.30. The summed E-state index contributed by atoms with van der Waals surface area (Å²) in [4.78, 5) is 14.7. The summed E-state index contributed by atoms with van der Waals surface area (Å²) >= 11 is 0. The van der Waals surface area contributed by atoms with E-state index in [4.69, 9.17) is 4.42 Å². The second-order valence-corrected chi connectivity index (χ2v) is 10.8. The van der Waals surface area contributed by atoms with E-state index in [0.717, 1.165) is 31.7 Å². The molecule has 0 saturated carbocycles. The topological polar surface area (TPSA) is 84.1 Å². The summed E-state index contributed by atoms with van der Waals surface area (Å²) in [6.07, 6.45) is 5.22. The van der Waals surface area contributed by atoms with Gasteiger partial charge in [0, 0.05) is 12.1 Å². The van der Waals surface area contributed by atoms with E-state index in [9.17, 15) is 13.2 Å². The molecule has 0 unspecified atom stereocenters. The highest BCUT2D eigenvalue weighted by atomic mass is 32.2. The quantitative estimate of drug-likeness (QED) is 0.476. The van der Waals surface area contributed by atoms with Crippen molar-refractivity contribution in [2.45, 2.75) is 44.0 Å². The maximum Gasteiger partial charge on any atom is 0.264 e. The molecule has 1 atom stereocenters. The van der Waals surface area contributed by atoms with Gasteiger partial charge >= 0.3 is 0 Å². The third kappa shape index (κ3) is 5.60. The number of sulfonamides is 1. The maximum atomic E-state index is 13.6. The van der Waals surface area contributed by atoms with Gasteiger partial charge in [-0.15, -0.1) is 0 Å². The zero-order valence-electron chi connectivity index (χ0n) is 20.4. The largest absolute Gasteiger partial charge is 0.463 e. The molecule has 1 aliphatic heterocycles. The first-order valence-corrected chi connectivity index (χ1v) is 13.7. The van der Waals surface area contributed by atoms with Crippen molar-refractivity contribution in [3.63, 3.8) is 0 Å². The van der Waals surface area contributed by atoms with E-state index in [2.05, 4.69) is 5.32 Å². The Morgan fingerprint density at radius 3 is 2.46 bits per heavy atom. The molecule has 0 spiro atoms. The van der Waals surface area contributed by atoms with Crippen LogP contribution in [0.3, 0.4) is 0 Å². The van der Waals surface area contributed by atoms with Gasteiger partial charge in [0.05, 0.1) is 36.5 Å². The number of carbonyl (C=O) groups is 1. The Balaban J connectivity index is 1.55. The molecule has 1 aromatic heterocycles. The van der Waals surface area contributed by atoms with Crippen molar-refractivity contribution < 1.29 is 22.5 Å². The molecule has 2 N–H and O–H groups in total. The number of hydrogen-bond donors (Lipinski definition) is 2. The number of benzene rings is 2. The lowest BCUT2D eigenvalue weighted by atomic mass is 10.1. The van der Waals surface area contributed by atoms with Gasteiger partial charge in [-0.25, -0.2) is 8.42 Å². The van der Waals surface area contributed by atoms with Crippen molar-refractivity contribution >= 4 is 21.6 Å². The standard InChI is InChI=1S/C27H33N3O4S/c1-3-30(23-11-6-4-7-12-23)35(32,33)26-19-22(15-14-21(26)2)27(31)28-20-24(25-13-10-18-34-25)29-16-8-5-9-17-29/h4,6-7,10-15,18-19,24H,3,5,8-9,16-17,20H2,1-2H3,(H,28,31)/p+1/t24-/m0/s1. The molecule has 1 saturated heterocycles. The molecule has 186 valence electrons. The minimum Gasteiger partial charge on any atom is -0.463 e. The molecule has 1 fully saturated rings. The van der Waals surface area contributed by atoms with E-state index < -0.39 is 10.0 Å². The Labute approximate surface area is 207 Å². The Bertz CT molecular complexity index is 1220. The van der Waals surface area contributed by atoms with Crippen molar-refractivity contribution in [3.05, 3.63) is 83.8 Å². The van der Waals surface area contributed by atoms with Gasteiger partial charge in [-0.05, 0) is 75.1 Å². The van der Waals surface area contributed by atoms with Crippen LogP contribution in [0.15, 0.2) is 76.2 Å². The van der Waals surface area contributed by atoms with E-state index in [-0.39, 0.29) is 23.4 Å². The summed E-state index contributed by atoms with van der Waals surface area (Å²) in [6.45, 7) is 6.34. The molecule has 7 nitrogen and oxygen atoms in total. The van der Waals surface area contributed by atoms with Crippen LogP contribution in [0.5, 0.6) is 0 Å². The fourth-order valence-electron chi connectivity index (χ4n) is 4.81. The summed E-state index contributed by atoms with van der Waals surface area (Å²) in [6, 6.07) is 17.7. The molecule has 35 heavy (non-hydrogen) atoms. The Hall–Kier alpha value is -3.10. The number of piperidine rings is 1. The molecule has 0 bridgehead atoms. The first kappa shape index (κ1) is 25.0. The van der Waals surface area contributed by atoms with Gasteiger partial charge in [0.25, 0.3) is 15.9 Å². The molecular weight excluding hydrogens is 462 g/mol. The number of para-hydroxylation sites is 1. The van der Waals surface area contributed by atoms with E-state index >= 15 is 0 Å². The molecule has 1 aliphatic rings. The van der Waals surface area contributed by atoms with Gasteiger partial charge in [0.15, 0.2) is 11.8 Å². The van der Waals surface area contributed by atoms with Gasteiger partial charge in [-0.1, -0.05) is 24.3 Å². The zero-order chi connectivity index (χ0) is 24.8. The van der Waals surface area contributed by atoms with Crippen LogP contribution in [-0.2, 0) is 10.0 Å². The average molecular weight is 497 g/mol. The van der Waals surface area contributed by atoms with Gasteiger partial charge in [-0.2, -0.15) is 0 Å². The first-order chi connectivity index (χ1) is 16.9. The number of nitrogens with one attached hydrogen (secondary N) is 2. The summed E-state index contributed by atoms with van der Waals surface area (Å²) in [5, 5.41) is 3.03. The van der Waals surface area contributed by atoms with E-state index in [1.165, 1.54) is 21.7 Å². The number of anilines is 1. The van der Waals surface area contributed by atoms with Crippen LogP contribution in [-0.4, -0.2) is 40.5 Å². The van der Waals surface area contributed by atoms with Crippen LogP contribution in [0, 0.1) is 6.92 Å². The smallest absolute Gasteiger partial charge is 0.264 e. The lowest BCUT2D eigenvalue weighted by Crippen LogP contribution is -3.13. The highest BCUT2D eigenvalue weighted by Gasteiger charge is 2.30. The minimum absolute atomic E-state index is 0.0246. The van der Waals surface area contributed by atoms with Gasteiger partial charge in [-0.3, -0.25) is 9.10 Å². The number of carbonyl (C=O) groups excluding carboxylic acids is 1. The second-order valence-electron chi connectivity index (χ2n) is 8.98. The predicted octanol–water partition coefficient (Wildman–Crippen LogP) is 3.34. The third-order valence-electron chi connectivity index (χ3n) is 6.69. The molecule has 0 radical (unpaired) electrons. The van der Waals surface area contributed by atoms with Gasteiger partial charge < -0.3 is 14.6 Å². The molecule has 2 aromatic carbocycles. The third-order valence-corrected chi connectivity index (χ3v) is 8.74. The highest BCUT2D eigenvalue weighted by molar-refractivity contribution is 7.92. The summed E-state index contributed by atoms with van der Waals surface area (Å²) in [5.41, 5.74) is 1.52. The predicted molar refractivity (Wildman–Crippen MR) is 136 cm³/mol. The molecular formula is C27H34N3O4S+. The van der Waals surface area contributed by atoms with Crippen LogP contribution >= 0.6 is 0 Å². The van der Waals surface area contributed by atoms with Crippen molar-refractivity contribution in [1.29, 1.82) is 0 Å². The van der Waals surface area contributed by atoms with E-state index in [1.54, 1.807) is 44.4 Å². The number of likely N-dealkylation sites (tertiary alicyclic amines) is 1. The van der Waals surface area contributed by atoms with Crippen LogP contribution in [0.25, 0.3) is 0 Å². The Morgan fingerprint density at radius 1 is 1.06 bits per heavy atom. The van der Waals surface area contributed by atoms with E-state index in [1.807, 2.05) is 30.3 Å². The zero-order valence-corrected chi connectivity index (χ0v) is 21.2. The molecule has 1 amide bonds. The van der Waals surface area contributed by atoms with Crippen molar-refractivity contribution in [3.8, 4) is 0 Å². The van der Waals surface area contributed by atoms with Crippen molar-refractivity contribution in [2.75, 3.05) is 30.5 Å². The summed E-state index contributed by atoms with van der Waals surface area (Å²) in [5.74, 6) is 0.563. The summed E-state index contributed by atoms with van der Waals surface area (Å²) < 4.78 is 34.2. The SMILES string of the molecule is CCN(c1ccccc1)S(=O)(=O)c1cc(C(=O)NC[C@@H](c2ccco2)[NH+]2CCCCC2)ccc1C. The summed E-state index contributed by atoms with van der Waals surface area (Å²) in [7, 11) is -3.84. The normalized spacial score (nSPS) is 15.5. The van der Waals surface area contributed by atoms with Crippen LogP contribution in [0.4, 0.5) is 5.69 Å². The van der Waals surface area contributed by atoms with Gasteiger partial charge in [0.1, 0.15) is 0 Å². The van der Waals surface area contributed by atoms with Crippen molar-refractivity contribution in [2.24, 2.45) is 0 Å². The van der Waals surface area contributed by atoms with Crippen molar-refractivity contribution in [1.82, 2.24) is 5.32 Å². The molecule has 4 rings (SSSR count). The number of amides is 1. The van der Waals surface area contributed by atoms with Crippen LogP contribution in [0.2, 0.25) is 0 Å².